The minimum absolute atomic E-state index is 0.187. The molecule has 150 valence electrons. The number of anilines is 1. The molecule has 3 aromatic carbocycles. The van der Waals surface area contributed by atoms with Gasteiger partial charge in [-0.2, -0.15) is 0 Å². The molecular weight excluding hydrogens is 378 g/mol. The number of carbonyl (C=O) groups is 2. The monoisotopic (exact) mass is 399 g/mol. The Morgan fingerprint density at radius 3 is 2.43 bits per heavy atom. The largest absolute Gasteiger partial charge is 0.465 e. The Hall–Kier alpha value is -3.77. The van der Waals surface area contributed by atoms with E-state index in [9.17, 15) is 9.59 Å². The van der Waals surface area contributed by atoms with Crippen molar-refractivity contribution in [1.82, 2.24) is 0 Å². The van der Waals surface area contributed by atoms with Crippen molar-refractivity contribution in [1.29, 1.82) is 0 Å². The minimum atomic E-state index is -0.594. The predicted octanol–water partition coefficient (Wildman–Crippen LogP) is 3.79. The number of hydrogen-bond donors (Lipinski definition) is 2. The molecular formula is C24H21N3O3. The Balaban J connectivity index is 1.81. The van der Waals surface area contributed by atoms with Gasteiger partial charge in [-0.3, -0.25) is 9.79 Å². The molecule has 6 nitrogen and oxygen atoms in total. The van der Waals surface area contributed by atoms with Crippen LogP contribution in [0.1, 0.15) is 33.0 Å². The first-order chi connectivity index (χ1) is 14.6. The van der Waals surface area contributed by atoms with Gasteiger partial charge in [-0.25, -0.2) is 4.79 Å². The highest BCUT2D eigenvalue weighted by Crippen LogP contribution is 2.37. The van der Waals surface area contributed by atoms with E-state index in [2.05, 4.69) is 5.32 Å². The molecule has 3 N–H and O–H groups in total. The predicted molar refractivity (Wildman–Crippen MR) is 116 cm³/mol. The van der Waals surface area contributed by atoms with Crippen LogP contribution in [0, 0.1) is 0 Å². The van der Waals surface area contributed by atoms with Crippen LogP contribution in [-0.2, 0) is 16.1 Å². The summed E-state index contributed by atoms with van der Waals surface area (Å²) in [6.45, 7) is 0.455. The zero-order chi connectivity index (χ0) is 21.1. The normalized spacial score (nSPS) is 15.5. The van der Waals surface area contributed by atoms with Crippen molar-refractivity contribution in [3.05, 3.63) is 95.1 Å². The number of fused-ring (bicyclic) bond motifs is 1. The van der Waals surface area contributed by atoms with Gasteiger partial charge in [-0.05, 0) is 41.0 Å². The molecule has 0 aliphatic carbocycles. The van der Waals surface area contributed by atoms with Gasteiger partial charge < -0.3 is 15.8 Å². The fraction of sp³-hybridized carbons (Fsp3) is 0.125. The van der Waals surface area contributed by atoms with E-state index in [0.29, 0.717) is 23.5 Å². The molecule has 0 radical (unpaired) electrons. The van der Waals surface area contributed by atoms with Gasteiger partial charge in [0.05, 0.1) is 24.1 Å². The molecule has 1 aliphatic heterocycles. The average molecular weight is 399 g/mol. The van der Waals surface area contributed by atoms with E-state index in [1.54, 1.807) is 18.2 Å². The summed E-state index contributed by atoms with van der Waals surface area (Å²) in [4.78, 5) is 29.7. The van der Waals surface area contributed by atoms with Crippen molar-refractivity contribution in [2.24, 2.45) is 10.7 Å². The molecule has 0 fully saturated rings. The number of amides is 1. The van der Waals surface area contributed by atoms with Crippen LogP contribution in [0.2, 0.25) is 0 Å². The molecule has 4 rings (SSSR count). The van der Waals surface area contributed by atoms with Gasteiger partial charge >= 0.3 is 5.97 Å². The lowest BCUT2D eigenvalue weighted by molar-refractivity contribution is -0.115. The molecule has 1 aliphatic rings. The lowest BCUT2D eigenvalue weighted by atomic mass is 9.90. The summed E-state index contributed by atoms with van der Waals surface area (Å²) < 4.78 is 4.78. The van der Waals surface area contributed by atoms with E-state index >= 15 is 0 Å². The van der Waals surface area contributed by atoms with E-state index in [4.69, 9.17) is 15.5 Å². The van der Waals surface area contributed by atoms with Crippen molar-refractivity contribution in [2.45, 2.75) is 12.5 Å². The average Bonchev–Trinajstić information content (AvgIpc) is 3.12. The number of methoxy groups -OCH3 is 1. The fourth-order valence-corrected chi connectivity index (χ4v) is 3.53. The highest BCUT2D eigenvalue weighted by Gasteiger charge is 2.35. The summed E-state index contributed by atoms with van der Waals surface area (Å²) in [5.41, 5.74) is 10.7. The van der Waals surface area contributed by atoms with Gasteiger partial charge in [-0.1, -0.05) is 48.5 Å². The Kier molecular flexibility index (Phi) is 5.41. The summed E-state index contributed by atoms with van der Waals surface area (Å²) in [6.07, 6.45) is 0. The SMILES string of the molecule is COC(=O)c1ccc2c(c1)NC(=O)C2C(=Nc1ccc(CN)cc1)c1ccccc1. The number of esters is 1. The van der Waals surface area contributed by atoms with Crippen LogP contribution in [0.25, 0.3) is 0 Å². The van der Waals surface area contributed by atoms with E-state index in [1.165, 1.54) is 7.11 Å². The van der Waals surface area contributed by atoms with Crippen LogP contribution >= 0.6 is 0 Å². The quantitative estimate of drug-likeness (QED) is 0.504. The summed E-state index contributed by atoms with van der Waals surface area (Å²) >= 11 is 0. The first kappa shape index (κ1) is 19.5. The maximum Gasteiger partial charge on any atom is 0.337 e. The second-order valence-corrected chi connectivity index (χ2v) is 6.95. The van der Waals surface area contributed by atoms with Crippen LogP contribution in [0.3, 0.4) is 0 Å². The Morgan fingerprint density at radius 1 is 1.03 bits per heavy atom. The number of carbonyl (C=O) groups excluding carboxylic acids is 2. The third-order valence-corrected chi connectivity index (χ3v) is 5.07. The van der Waals surface area contributed by atoms with Gasteiger partial charge in [-0.15, -0.1) is 0 Å². The van der Waals surface area contributed by atoms with Crippen molar-refractivity contribution in [3.63, 3.8) is 0 Å². The minimum Gasteiger partial charge on any atom is -0.465 e. The molecule has 0 spiro atoms. The second kappa shape index (κ2) is 8.31. The molecule has 6 heteroatoms. The zero-order valence-electron chi connectivity index (χ0n) is 16.5. The van der Waals surface area contributed by atoms with E-state index in [1.807, 2.05) is 54.6 Å². The molecule has 0 saturated carbocycles. The summed E-state index contributed by atoms with van der Waals surface area (Å²) in [6, 6.07) is 22.3. The third-order valence-electron chi connectivity index (χ3n) is 5.07. The molecule has 30 heavy (non-hydrogen) atoms. The van der Waals surface area contributed by atoms with Crippen LogP contribution in [0.4, 0.5) is 11.4 Å². The Bertz CT molecular complexity index is 1120. The van der Waals surface area contributed by atoms with Gasteiger partial charge in [0.25, 0.3) is 0 Å². The number of nitrogens with zero attached hydrogens (tertiary/aromatic N) is 1. The van der Waals surface area contributed by atoms with Gasteiger partial charge in [0, 0.05) is 12.2 Å². The van der Waals surface area contributed by atoms with Gasteiger partial charge in [0.15, 0.2) is 0 Å². The van der Waals surface area contributed by atoms with Crippen molar-refractivity contribution in [3.8, 4) is 0 Å². The molecule has 3 aromatic rings. The molecule has 1 amide bonds. The van der Waals surface area contributed by atoms with Crippen molar-refractivity contribution in [2.75, 3.05) is 12.4 Å². The smallest absolute Gasteiger partial charge is 0.337 e. The lowest BCUT2D eigenvalue weighted by Gasteiger charge is -2.14. The molecule has 0 aromatic heterocycles. The summed E-state index contributed by atoms with van der Waals surface area (Å²) in [5.74, 6) is -1.23. The maximum atomic E-state index is 13.0. The second-order valence-electron chi connectivity index (χ2n) is 6.95. The first-order valence-corrected chi connectivity index (χ1v) is 9.57. The molecule has 0 saturated heterocycles. The summed E-state index contributed by atoms with van der Waals surface area (Å²) in [5, 5.41) is 2.88. The van der Waals surface area contributed by atoms with E-state index < -0.39 is 11.9 Å². The topological polar surface area (TPSA) is 93.8 Å². The number of rotatable bonds is 5. The van der Waals surface area contributed by atoms with Crippen LogP contribution in [0.15, 0.2) is 77.8 Å². The van der Waals surface area contributed by atoms with Crippen LogP contribution < -0.4 is 11.1 Å². The number of aliphatic imine (C=N–C) groups is 1. The van der Waals surface area contributed by atoms with E-state index in [-0.39, 0.29) is 5.91 Å². The van der Waals surface area contributed by atoms with E-state index in [0.717, 1.165) is 22.4 Å². The number of benzene rings is 3. The van der Waals surface area contributed by atoms with Crippen LogP contribution in [0.5, 0.6) is 0 Å². The molecule has 1 heterocycles. The lowest BCUT2D eigenvalue weighted by Crippen LogP contribution is -2.21. The number of ether oxygens (including phenoxy) is 1. The molecule has 1 atom stereocenters. The Labute approximate surface area is 174 Å². The van der Waals surface area contributed by atoms with Gasteiger partial charge in [0.2, 0.25) is 5.91 Å². The Morgan fingerprint density at radius 2 is 1.77 bits per heavy atom. The highest BCUT2D eigenvalue weighted by molar-refractivity contribution is 6.24. The highest BCUT2D eigenvalue weighted by atomic mass is 16.5. The van der Waals surface area contributed by atoms with Crippen molar-refractivity contribution >= 4 is 29.0 Å². The standard InChI is InChI=1S/C24H21N3O3/c1-30-24(29)17-9-12-19-20(13-17)27-23(28)21(19)22(16-5-3-2-4-6-16)26-18-10-7-15(14-25)8-11-18/h2-13,21H,14,25H2,1H3,(H,27,28). The molecule has 1 unspecified atom stereocenters. The van der Waals surface area contributed by atoms with Crippen LogP contribution in [-0.4, -0.2) is 24.7 Å². The number of hydrogen-bond acceptors (Lipinski definition) is 5. The molecule has 0 bridgehead atoms. The first-order valence-electron chi connectivity index (χ1n) is 9.57. The van der Waals surface area contributed by atoms with Crippen molar-refractivity contribution < 1.29 is 14.3 Å². The maximum absolute atomic E-state index is 13.0. The number of nitrogens with one attached hydrogen (secondary N) is 1. The van der Waals surface area contributed by atoms with Gasteiger partial charge in [0.1, 0.15) is 5.92 Å². The number of nitrogens with two attached hydrogens (primary N) is 1. The summed E-state index contributed by atoms with van der Waals surface area (Å²) in [7, 11) is 1.33. The third kappa shape index (κ3) is 3.73. The zero-order valence-corrected chi connectivity index (χ0v) is 16.5. The fourth-order valence-electron chi connectivity index (χ4n) is 3.53.